The Labute approximate surface area is 96.5 Å². The summed E-state index contributed by atoms with van der Waals surface area (Å²) < 4.78 is 4.82. The van der Waals surface area contributed by atoms with Gasteiger partial charge in [-0.25, -0.2) is 0 Å². The minimum Gasteiger partial charge on any atom is -0.383 e. The van der Waals surface area contributed by atoms with Gasteiger partial charge in [0.2, 0.25) is 5.91 Å². The first-order valence-corrected chi connectivity index (χ1v) is 6.50. The first-order valence-electron chi connectivity index (χ1n) is 5.35. The maximum atomic E-state index is 11.2. The van der Waals surface area contributed by atoms with Gasteiger partial charge in [-0.3, -0.25) is 4.79 Å². The maximum absolute atomic E-state index is 11.2. The number of methoxy groups -OCH3 is 1. The summed E-state index contributed by atoms with van der Waals surface area (Å²) in [5, 5.41) is 5.86. The second-order valence-electron chi connectivity index (χ2n) is 3.07. The van der Waals surface area contributed by atoms with Crippen molar-refractivity contribution in [2.75, 3.05) is 44.9 Å². The van der Waals surface area contributed by atoms with Crippen LogP contribution in [0.1, 0.15) is 13.3 Å². The van der Waals surface area contributed by atoms with Crippen LogP contribution in [0.3, 0.4) is 0 Å². The molecule has 0 aliphatic rings. The molecule has 5 heteroatoms. The Balaban J connectivity index is 3.10. The van der Waals surface area contributed by atoms with E-state index in [0.717, 1.165) is 24.5 Å². The van der Waals surface area contributed by atoms with Gasteiger partial charge in [0.05, 0.1) is 13.2 Å². The average molecular weight is 234 g/mol. The molecule has 0 saturated heterocycles. The van der Waals surface area contributed by atoms with E-state index >= 15 is 0 Å². The first-order chi connectivity index (χ1) is 7.31. The Morgan fingerprint density at radius 3 is 2.87 bits per heavy atom. The molecule has 0 bridgehead atoms. The van der Waals surface area contributed by atoms with E-state index in [2.05, 4.69) is 17.6 Å². The third kappa shape index (κ3) is 11.7. The van der Waals surface area contributed by atoms with Crippen LogP contribution in [0.25, 0.3) is 0 Å². The molecule has 0 aliphatic heterocycles. The highest BCUT2D eigenvalue weighted by atomic mass is 32.2. The van der Waals surface area contributed by atoms with Gasteiger partial charge in [0, 0.05) is 13.7 Å². The zero-order chi connectivity index (χ0) is 11.4. The third-order valence-corrected chi connectivity index (χ3v) is 2.75. The molecule has 0 fully saturated rings. The van der Waals surface area contributed by atoms with E-state index < -0.39 is 0 Å². The Hall–Kier alpha value is -0.260. The number of hydrogen-bond donors (Lipinski definition) is 2. The lowest BCUT2D eigenvalue weighted by Gasteiger charge is -2.05. The average Bonchev–Trinajstić information content (AvgIpc) is 2.23. The summed E-state index contributed by atoms with van der Waals surface area (Å²) in [5.74, 6) is 2.36. The van der Waals surface area contributed by atoms with E-state index in [1.165, 1.54) is 0 Å². The Morgan fingerprint density at radius 1 is 1.40 bits per heavy atom. The van der Waals surface area contributed by atoms with Crippen LogP contribution in [0.5, 0.6) is 0 Å². The van der Waals surface area contributed by atoms with E-state index in [1.807, 2.05) is 11.8 Å². The fourth-order valence-corrected chi connectivity index (χ4v) is 1.64. The summed E-state index contributed by atoms with van der Waals surface area (Å²) in [6, 6.07) is 0. The van der Waals surface area contributed by atoms with Crippen molar-refractivity contribution < 1.29 is 9.53 Å². The standard InChI is InChI=1S/C10H22N2O2S/c1-3-15-8-4-5-11-9-10(13)12-6-7-14-2/h11H,3-9H2,1-2H3,(H,12,13). The van der Waals surface area contributed by atoms with Gasteiger partial charge in [-0.2, -0.15) is 11.8 Å². The first kappa shape index (κ1) is 14.7. The molecule has 0 aliphatic carbocycles. The molecular formula is C10H22N2O2S. The minimum absolute atomic E-state index is 0.0372. The van der Waals surface area contributed by atoms with Crippen LogP contribution in [0.15, 0.2) is 0 Å². The van der Waals surface area contributed by atoms with E-state index in [0.29, 0.717) is 19.7 Å². The van der Waals surface area contributed by atoms with Crippen molar-refractivity contribution in [2.24, 2.45) is 0 Å². The van der Waals surface area contributed by atoms with Gasteiger partial charge in [-0.15, -0.1) is 0 Å². The summed E-state index contributed by atoms with van der Waals surface area (Å²) in [6.45, 7) is 4.62. The number of amides is 1. The Kier molecular flexibility index (Phi) is 11.6. The number of hydrogen-bond acceptors (Lipinski definition) is 4. The Morgan fingerprint density at radius 2 is 2.20 bits per heavy atom. The number of rotatable bonds is 10. The van der Waals surface area contributed by atoms with Crippen LogP contribution in [-0.2, 0) is 9.53 Å². The summed E-state index contributed by atoms with van der Waals surface area (Å²) in [7, 11) is 1.62. The summed E-state index contributed by atoms with van der Waals surface area (Å²) in [5.41, 5.74) is 0. The van der Waals surface area contributed by atoms with Crippen molar-refractivity contribution in [3.8, 4) is 0 Å². The SMILES string of the molecule is CCSCCCNCC(=O)NCCOC. The van der Waals surface area contributed by atoms with Crippen LogP contribution in [0.4, 0.5) is 0 Å². The molecule has 0 aromatic rings. The van der Waals surface area contributed by atoms with E-state index in [9.17, 15) is 4.79 Å². The summed E-state index contributed by atoms with van der Waals surface area (Å²) in [4.78, 5) is 11.2. The highest BCUT2D eigenvalue weighted by molar-refractivity contribution is 7.99. The van der Waals surface area contributed by atoms with Gasteiger partial charge in [0.25, 0.3) is 0 Å². The van der Waals surface area contributed by atoms with E-state index in [1.54, 1.807) is 7.11 Å². The molecule has 0 aromatic carbocycles. The molecule has 0 spiro atoms. The molecule has 90 valence electrons. The van der Waals surface area contributed by atoms with Crippen LogP contribution in [0, 0.1) is 0 Å². The van der Waals surface area contributed by atoms with Crippen LogP contribution >= 0.6 is 11.8 Å². The van der Waals surface area contributed by atoms with Gasteiger partial charge in [0.15, 0.2) is 0 Å². The quantitative estimate of drug-likeness (QED) is 0.540. The molecule has 0 unspecified atom stereocenters. The number of ether oxygens (including phenoxy) is 1. The molecule has 0 aromatic heterocycles. The van der Waals surface area contributed by atoms with Gasteiger partial charge >= 0.3 is 0 Å². The van der Waals surface area contributed by atoms with Crippen molar-refractivity contribution in [1.82, 2.24) is 10.6 Å². The smallest absolute Gasteiger partial charge is 0.234 e. The second-order valence-corrected chi connectivity index (χ2v) is 4.46. The minimum atomic E-state index is 0.0372. The fraction of sp³-hybridized carbons (Fsp3) is 0.900. The fourth-order valence-electron chi connectivity index (χ4n) is 1.00. The lowest BCUT2D eigenvalue weighted by molar-refractivity contribution is -0.120. The molecule has 0 radical (unpaired) electrons. The van der Waals surface area contributed by atoms with E-state index in [4.69, 9.17) is 4.74 Å². The van der Waals surface area contributed by atoms with Crippen LogP contribution in [0.2, 0.25) is 0 Å². The van der Waals surface area contributed by atoms with Crippen LogP contribution in [-0.4, -0.2) is 50.8 Å². The van der Waals surface area contributed by atoms with E-state index in [-0.39, 0.29) is 5.91 Å². The van der Waals surface area contributed by atoms with Crippen LogP contribution < -0.4 is 10.6 Å². The largest absolute Gasteiger partial charge is 0.383 e. The molecule has 0 heterocycles. The molecule has 0 rings (SSSR count). The maximum Gasteiger partial charge on any atom is 0.234 e. The molecule has 0 saturated carbocycles. The normalized spacial score (nSPS) is 10.3. The molecule has 2 N–H and O–H groups in total. The molecular weight excluding hydrogens is 212 g/mol. The summed E-state index contributed by atoms with van der Waals surface area (Å²) >= 11 is 1.93. The zero-order valence-electron chi connectivity index (χ0n) is 9.67. The topological polar surface area (TPSA) is 50.4 Å². The van der Waals surface area contributed by atoms with Gasteiger partial charge in [-0.1, -0.05) is 6.92 Å². The predicted octanol–water partition coefficient (Wildman–Crippen LogP) is 0.482. The lowest BCUT2D eigenvalue weighted by Crippen LogP contribution is -2.36. The zero-order valence-corrected chi connectivity index (χ0v) is 10.5. The van der Waals surface area contributed by atoms with Gasteiger partial charge < -0.3 is 15.4 Å². The van der Waals surface area contributed by atoms with Crippen molar-refractivity contribution >= 4 is 17.7 Å². The molecule has 4 nitrogen and oxygen atoms in total. The number of thioether (sulfide) groups is 1. The third-order valence-electron chi connectivity index (χ3n) is 1.76. The highest BCUT2D eigenvalue weighted by Gasteiger charge is 1.98. The van der Waals surface area contributed by atoms with Crippen molar-refractivity contribution in [3.63, 3.8) is 0 Å². The van der Waals surface area contributed by atoms with Crippen molar-refractivity contribution in [3.05, 3.63) is 0 Å². The molecule has 0 atom stereocenters. The lowest BCUT2D eigenvalue weighted by atomic mass is 10.4. The molecule has 1 amide bonds. The van der Waals surface area contributed by atoms with Gasteiger partial charge in [0.1, 0.15) is 0 Å². The van der Waals surface area contributed by atoms with Crippen molar-refractivity contribution in [1.29, 1.82) is 0 Å². The Bertz CT molecular complexity index is 156. The van der Waals surface area contributed by atoms with Crippen molar-refractivity contribution in [2.45, 2.75) is 13.3 Å². The second kappa shape index (κ2) is 11.8. The number of nitrogens with one attached hydrogen (secondary N) is 2. The predicted molar refractivity (Wildman–Crippen MR) is 65.4 cm³/mol. The number of carbonyl (C=O) groups excluding carboxylic acids is 1. The highest BCUT2D eigenvalue weighted by Crippen LogP contribution is 1.99. The summed E-state index contributed by atoms with van der Waals surface area (Å²) in [6.07, 6.45) is 1.11. The monoisotopic (exact) mass is 234 g/mol. The number of carbonyl (C=O) groups is 1. The van der Waals surface area contributed by atoms with Gasteiger partial charge in [-0.05, 0) is 24.5 Å². The molecule has 15 heavy (non-hydrogen) atoms.